The molecule has 1 aromatic carbocycles. The third-order valence-electron chi connectivity index (χ3n) is 4.19. The summed E-state index contributed by atoms with van der Waals surface area (Å²) in [6.45, 7) is 4.50. The van der Waals surface area contributed by atoms with Gasteiger partial charge in [0, 0.05) is 19.7 Å². The van der Waals surface area contributed by atoms with E-state index in [1.165, 1.54) is 7.11 Å². The smallest absolute Gasteiger partial charge is 0.314 e. The average molecular weight is 291 g/mol. The second-order valence-electron chi connectivity index (χ2n) is 5.51. The Morgan fingerprint density at radius 1 is 1.43 bits per heavy atom. The van der Waals surface area contributed by atoms with Crippen LogP contribution in [0.15, 0.2) is 30.3 Å². The first-order chi connectivity index (χ1) is 10.3. The summed E-state index contributed by atoms with van der Waals surface area (Å²) >= 11 is 0. The van der Waals surface area contributed by atoms with E-state index >= 15 is 0 Å². The van der Waals surface area contributed by atoms with Crippen LogP contribution in [-0.4, -0.2) is 38.9 Å². The monoisotopic (exact) mass is 291 g/mol. The first kappa shape index (κ1) is 16.0. The fourth-order valence-corrected chi connectivity index (χ4v) is 2.96. The Morgan fingerprint density at radius 2 is 2.19 bits per heavy atom. The predicted molar refractivity (Wildman–Crippen MR) is 82.2 cm³/mol. The van der Waals surface area contributed by atoms with Gasteiger partial charge in [0.2, 0.25) is 0 Å². The Hall–Kier alpha value is -1.39. The fraction of sp³-hybridized carbons (Fsp3) is 0.588. The third kappa shape index (κ3) is 4.29. The van der Waals surface area contributed by atoms with Crippen LogP contribution in [0.5, 0.6) is 0 Å². The molecular formula is C17H25NO3. The first-order valence-corrected chi connectivity index (χ1v) is 7.71. The van der Waals surface area contributed by atoms with Gasteiger partial charge in [-0.05, 0) is 24.3 Å². The molecule has 0 radical (unpaired) electrons. The number of hydrogen-bond donors (Lipinski definition) is 1. The number of carbonyl (C=O) groups excluding carboxylic acids is 1. The van der Waals surface area contributed by atoms with Crippen molar-refractivity contribution in [3.05, 3.63) is 35.9 Å². The van der Waals surface area contributed by atoms with E-state index in [1.807, 2.05) is 30.3 Å². The molecule has 1 fully saturated rings. The molecule has 0 saturated carbocycles. The summed E-state index contributed by atoms with van der Waals surface area (Å²) in [6, 6.07) is 9.78. The second-order valence-corrected chi connectivity index (χ2v) is 5.51. The summed E-state index contributed by atoms with van der Waals surface area (Å²) in [4.78, 5) is 12.0. The van der Waals surface area contributed by atoms with Gasteiger partial charge >= 0.3 is 5.97 Å². The van der Waals surface area contributed by atoms with Gasteiger partial charge in [-0.2, -0.15) is 0 Å². The molecule has 21 heavy (non-hydrogen) atoms. The lowest BCUT2D eigenvalue weighted by Crippen LogP contribution is -2.33. The van der Waals surface area contributed by atoms with Gasteiger partial charge in [0.15, 0.2) is 0 Å². The van der Waals surface area contributed by atoms with Crippen LogP contribution in [0, 0.1) is 5.92 Å². The Balaban J connectivity index is 1.89. The zero-order chi connectivity index (χ0) is 15.1. The maximum absolute atomic E-state index is 12.0. The van der Waals surface area contributed by atoms with Crippen molar-refractivity contribution in [2.75, 3.05) is 26.8 Å². The molecule has 1 saturated heterocycles. The molecule has 4 heteroatoms. The van der Waals surface area contributed by atoms with E-state index in [0.717, 1.165) is 31.6 Å². The topological polar surface area (TPSA) is 47.6 Å². The SMILES string of the molecule is CCC1OCCC1CNCC(C(=O)OC)c1ccccc1. The van der Waals surface area contributed by atoms with Gasteiger partial charge in [-0.1, -0.05) is 37.3 Å². The zero-order valence-corrected chi connectivity index (χ0v) is 12.9. The highest BCUT2D eigenvalue weighted by Gasteiger charge is 2.27. The van der Waals surface area contributed by atoms with Crippen LogP contribution in [0.25, 0.3) is 0 Å². The number of esters is 1. The minimum atomic E-state index is -0.251. The van der Waals surface area contributed by atoms with Crippen LogP contribution < -0.4 is 5.32 Å². The molecule has 0 spiro atoms. The van der Waals surface area contributed by atoms with Crippen LogP contribution >= 0.6 is 0 Å². The van der Waals surface area contributed by atoms with Crippen molar-refractivity contribution >= 4 is 5.97 Å². The molecule has 4 nitrogen and oxygen atoms in total. The number of carbonyl (C=O) groups is 1. The fourth-order valence-electron chi connectivity index (χ4n) is 2.96. The highest BCUT2D eigenvalue weighted by atomic mass is 16.5. The molecule has 2 rings (SSSR count). The van der Waals surface area contributed by atoms with Gasteiger partial charge in [-0.3, -0.25) is 4.79 Å². The summed E-state index contributed by atoms with van der Waals surface area (Å²) < 4.78 is 10.6. The van der Waals surface area contributed by atoms with Gasteiger partial charge in [0.25, 0.3) is 0 Å². The van der Waals surface area contributed by atoms with Crippen molar-refractivity contribution in [1.82, 2.24) is 5.32 Å². The molecule has 0 aliphatic carbocycles. The average Bonchev–Trinajstić information content (AvgIpc) is 2.99. The summed E-state index contributed by atoms with van der Waals surface area (Å²) in [6.07, 6.45) is 2.50. The molecule has 0 aromatic heterocycles. The highest BCUT2D eigenvalue weighted by Crippen LogP contribution is 2.23. The molecular weight excluding hydrogens is 266 g/mol. The largest absolute Gasteiger partial charge is 0.469 e. The van der Waals surface area contributed by atoms with Crippen LogP contribution in [-0.2, 0) is 14.3 Å². The predicted octanol–water partition coefficient (Wildman–Crippen LogP) is 2.35. The molecule has 0 amide bonds. The maximum Gasteiger partial charge on any atom is 0.314 e. The van der Waals surface area contributed by atoms with E-state index in [1.54, 1.807) is 0 Å². The van der Waals surface area contributed by atoms with E-state index in [-0.39, 0.29) is 11.9 Å². The lowest BCUT2D eigenvalue weighted by molar-refractivity contribution is -0.142. The number of methoxy groups -OCH3 is 1. The Kier molecular flexibility index (Phi) is 6.21. The summed E-state index contributed by atoms with van der Waals surface area (Å²) in [5, 5.41) is 3.42. The Morgan fingerprint density at radius 3 is 2.86 bits per heavy atom. The van der Waals surface area contributed by atoms with Crippen LogP contribution in [0.2, 0.25) is 0 Å². The van der Waals surface area contributed by atoms with Crippen molar-refractivity contribution in [2.45, 2.75) is 31.8 Å². The number of hydrogen-bond acceptors (Lipinski definition) is 4. The quantitative estimate of drug-likeness (QED) is 0.783. The van der Waals surface area contributed by atoms with Crippen molar-refractivity contribution in [3.63, 3.8) is 0 Å². The lowest BCUT2D eigenvalue weighted by Gasteiger charge is -2.20. The summed E-state index contributed by atoms with van der Waals surface area (Å²) in [5.74, 6) is 0.103. The van der Waals surface area contributed by atoms with E-state index < -0.39 is 0 Å². The number of benzene rings is 1. The summed E-state index contributed by atoms with van der Waals surface area (Å²) in [7, 11) is 1.44. The molecule has 3 atom stereocenters. The van der Waals surface area contributed by atoms with E-state index in [4.69, 9.17) is 9.47 Å². The number of rotatable bonds is 7. The van der Waals surface area contributed by atoms with E-state index in [9.17, 15) is 4.79 Å². The second kappa shape index (κ2) is 8.15. The highest BCUT2D eigenvalue weighted by molar-refractivity contribution is 5.78. The maximum atomic E-state index is 12.0. The van der Waals surface area contributed by atoms with Crippen LogP contribution in [0.4, 0.5) is 0 Å². The molecule has 1 aliphatic rings. The van der Waals surface area contributed by atoms with Crippen molar-refractivity contribution < 1.29 is 14.3 Å². The molecule has 0 bridgehead atoms. The normalized spacial score (nSPS) is 23.0. The standard InChI is InChI=1S/C17H25NO3/c1-3-16-14(9-10-21-16)11-18-12-15(17(19)20-2)13-7-5-4-6-8-13/h4-8,14-16,18H,3,9-12H2,1-2H3. The number of ether oxygens (including phenoxy) is 2. The van der Waals surface area contributed by atoms with Crippen LogP contribution in [0.3, 0.4) is 0 Å². The van der Waals surface area contributed by atoms with Gasteiger partial charge in [-0.15, -0.1) is 0 Å². The van der Waals surface area contributed by atoms with Crippen molar-refractivity contribution in [3.8, 4) is 0 Å². The van der Waals surface area contributed by atoms with Crippen molar-refractivity contribution in [2.24, 2.45) is 5.92 Å². The minimum Gasteiger partial charge on any atom is -0.469 e. The molecule has 3 unspecified atom stereocenters. The zero-order valence-electron chi connectivity index (χ0n) is 12.9. The molecule has 1 heterocycles. The van der Waals surface area contributed by atoms with Gasteiger partial charge < -0.3 is 14.8 Å². The Bertz CT molecular complexity index is 435. The van der Waals surface area contributed by atoms with Gasteiger partial charge in [0.05, 0.1) is 19.1 Å². The van der Waals surface area contributed by atoms with Gasteiger partial charge in [0.1, 0.15) is 0 Å². The van der Waals surface area contributed by atoms with Gasteiger partial charge in [-0.25, -0.2) is 0 Å². The number of nitrogens with one attached hydrogen (secondary N) is 1. The third-order valence-corrected chi connectivity index (χ3v) is 4.19. The summed E-state index contributed by atoms with van der Waals surface area (Å²) in [5.41, 5.74) is 0.992. The van der Waals surface area contributed by atoms with Crippen LogP contribution in [0.1, 0.15) is 31.2 Å². The molecule has 1 aromatic rings. The molecule has 1 aliphatic heterocycles. The van der Waals surface area contributed by atoms with E-state index in [0.29, 0.717) is 18.6 Å². The Labute approximate surface area is 126 Å². The molecule has 1 N–H and O–H groups in total. The van der Waals surface area contributed by atoms with E-state index in [2.05, 4.69) is 12.2 Å². The lowest BCUT2D eigenvalue weighted by atomic mass is 9.97. The van der Waals surface area contributed by atoms with Crippen molar-refractivity contribution in [1.29, 1.82) is 0 Å². The first-order valence-electron chi connectivity index (χ1n) is 7.71. The minimum absolute atomic E-state index is 0.191. The molecule has 116 valence electrons.